The van der Waals surface area contributed by atoms with Crippen molar-refractivity contribution in [1.82, 2.24) is 0 Å². The molecule has 0 amide bonds. The molecule has 0 atom stereocenters. The van der Waals surface area contributed by atoms with E-state index >= 15 is 0 Å². The van der Waals surface area contributed by atoms with Crippen LogP contribution in [0.1, 0.15) is 60.3 Å². The molecule has 0 aliphatic heterocycles. The third-order valence-electron chi connectivity index (χ3n) is 4.42. The normalized spacial score (nSPS) is 20.2. The van der Waals surface area contributed by atoms with Gasteiger partial charge in [-0.25, -0.2) is 0 Å². The molecule has 0 aromatic heterocycles. The quantitative estimate of drug-likeness (QED) is 0.328. The van der Waals surface area contributed by atoms with Crippen LogP contribution >= 0.6 is 0 Å². The molecule has 0 heterocycles. The van der Waals surface area contributed by atoms with Gasteiger partial charge in [0.2, 0.25) is 0 Å². The second kappa shape index (κ2) is 8.73. The van der Waals surface area contributed by atoms with Gasteiger partial charge in [0, 0.05) is 0 Å². The van der Waals surface area contributed by atoms with Crippen LogP contribution in [0.15, 0.2) is 58.7 Å². The van der Waals surface area contributed by atoms with Crippen LogP contribution in [0.25, 0.3) is 0 Å². The van der Waals surface area contributed by atoms with E-state index in [0.29, 0.717) is 0 Å². The van der Waals surface area contributed by atoms with Crippen LogP contribution < -0.4 is 0 Å². The molecule has 0 saturated heterocycles. The standard InChI is InChI=1S/C21H30O/c1-6-19(11-7-9-17(2)14-16-22)12-13-20-18(3)10-8-15-21(20,4)5/h7,9,11-14,16H,6,8,10,15H2,1-5H3/b9-7+,13-12+,17-14+,19-11+. The Morgan fingerprint density at radius 1 is 1.23 bits per heavy atom. The summed E-state index contributed by atoms with van der Waals surface area (Å²) in [6.45, 7) is 11.1. The Labute approximate surface area is 136 Å². The largest absolute Gasteiger partial charge is 0.299 e. The molecule has 0 aromatic rings. The fraction of sp³-hybridized carbons (Fsp3) is 0.476. The highest BCUT2D eigenvalue weighted by Crippen LogP contribution is 2.40. The van der Waals surface area contributed by atoms with Crippen molar-refractivity contribution >= 4 is 6.29 Å². The first-order chi connectivity index (χ1) is 10.4. The molecule has 0 N–H and O–H groups in total. The van der Waals surface area contributed by atoms with Gasteiger partial charge in [0.25, 0.3) is 0 Å². The van der Waals surface area contributed by atoms with Gasteiger partial charge in [0.05, 0.1) is 0 Å². The van der Waals surface area contributed by atoms with E-state index in [4.69, 9.17) is 0 Å². The van der Waals surface area contributed by atoms with Gasteiger partial charge in [-0.3, -0.25) is 4.79 Å². The lowest BCUT2D eigenvalue weighted by atomic mass is 9.72. The minimum absolute atomic E-state index is 0.289. The first-order valence-corrected chi connectivity index (χ1v) is 8.28. The van der Waals surface area contributed by atoms with E-state index in [1.54, 1.807) is 6.08 Å². The highest BCUT2D eigenvalue weighted by molar-refractivity contribution is 5.66. The maximum atomic E-state index is 10.4. The van der Waals surface area contributed by atoms with E-state index in [9.17, 15) is 4.79 Å². The SMILES string of the molecule is CCC(/C=C/C1=C(C)CCCC1(C)C)=C\C=C\C(C)=C\C=O. The Hall–Kier alpha value is -1.63. The zero-order valence-electron chi connectivity index (χ0n) is 14.8. The van der Waals surface area contributed by atoms with Crippen molar-refractivity contribution in [1.29, 1.82) is 0 Å². The molecule has 0 bridgehead atoms. The van der Waals surface area contributed by atoms with Crippen LogP contribution in [0.5, 0.6) is 0 Å². The highest BCUT2D eigenvalue weighted by Gasteiger charge is 2.26. The number of hydrogen-bond acceptors (Lipinski definition) is 1. The van der Waals surface area contributed by atoms with Crippen LogP contribution in [-0.4, -0.2) is 6.29 Å². The molecule has 0 fully saturated rings. The van der Waals surface area contributed by atoms with Gasteiger partial charge in [0.15, 0.2) is 0 Å². The Morgan fingerprint density at radius 2 is 1.95 bits per heavy atom. The van der Waals surface area contributed by atoms with Crippen molar-refractivity contribution in [2.75, 3.05) is 0 Å². The van der Waals surface area contributed by atoms with Crippen molar-refractivity contribution in [3.63, 3.8) is 0 Å². The van der Waals surface area contributed by atoms with Crippen molar-refractivity contribution in [2.45, 2.75) is 60.3 Å². The summed E-state index contributed by atoms with van der Waals surface area (Å²) in [5.74, 6) is 0. The third-order valence-corrected chi connectivity index (χ3v) is 4.42. The molecule has 0 aromatic carbocycles. The Balaban J connectivity index is 2.89. The Kier molecular flexibility index (Phi) is 7.31. The second-order valence-corrected chi connectivity index (χ2v) is 6.77. The summed E-state index contributed by atoms with van der Waals surface area (Å²) in [4.78, 5) is 10.4. The maximum Gasteiger partial charge on any atom is 0.143 e. The van der Waals surface area contributed by atoms with Gasteiger partial charge < -0.3 is 0 Å². The smallest absolute Gasteiger partial charge is 0.143 e. The Bertz CT molecular complexity index is 536. The molecule has 0 unspecified atom stereocenters. The van der Waals surface area contributed by atoms with Crippen molar-refractivity contribution in [2.24, 2.45) is 5.41 Å². The van der Waals surface area contributed by atoms with E-state index in [1.807, 2.05) is 19.1 Å². The fourth-order valence-corrected chi connectivity index (χ4v) is 2.98. The summed E-state index contributed by atoms with van der Waals surface area (Å²) in [7, 11) is 0. The summed E-state index contributed by atoms with van der Waals surface area (Å²) in [6, 6.07) is 0. The lowest BCUT2D eigenvalue weighted by Crippen LogP contribution is -2.19. The second-order valence-electron chi connectivity index (χ2n) is 6.77. The molecule has 1 aliphatic rings. The van der Waals surface area contributed by atoms with E-state index in [1.165, 1.54) is 36.0 Å². The first-order valence-electron chi connectivity index (χ1n) is 8.28. The van der Waals surface area contributed by atoms with Crippen LogP contribution in [0.2, 0.25) is 0 Å². The zero-order chi connectivity index (χ0) is 16.6. The van der Waals surface area contributed by atoms with Gasteiger partial charge >= 0.3 is 0 Å². The summed E-state index contributed by atoms with van der Waals surface area (Å²) in [6.07, 6.45) is 17.9. The summed E-state index contributed by atoms with van der Waals surface area (Å²) >= 11 is 0. The molecule has 1 heteroatoms. The van der Waals surface area contributed by atoms with Crippen molar-refractivity contribution in [3.8, 4) is 0 Å². The summed E-state index contributed by atoms with van der Waals surface area (Å²) < 4.78 is 0. The summed E-state index contributed by atoms with van der Waals surface area (Å²) in [5.41, 5.74) is 5.59. The van der Waals surface area contributed by atoms with Gasteiger partial charge in [-0.2, -0.15) is 0 Å². The Morgan fingerprint density at radius 3 is 2.55 bits per heavy atom. The first kappa shape index (κ1) is 18.4. The molecule has 0 radical (unpaired) electrons. The predicted molar refractivity (Wildman–Crippen MR) is 96.8 cm³/mol. The van der Waals surface area contributed by atoms with Gasteiger partial charge in [-0.15, -0.1) is 0 Å². The number of hydrogen-bond donors (Lipinski definition) is 0. The number of carbonyl (C=O) groups is 1. The average Bonchev–Trinajstić information content (AvgIpc) is 2.44. The molecule has 1 nitrogen and oxygen atoms in total. The van der Waals surface area contributed by atoms with Gasteiger partial charge in [-0.05, 0) is 67.7 Å². The van der Waals surface area contributed by atoms with Crippen LogP contribution in [0, 0.1) is 5.41 Å². The van der Waals surface area contributed by atoms with Gasteiger partial charge in [0.1, 0.15) is 6.29 Å². The van der Waals surface area contributed by atoms with Gasteiger partial charge in [-0.1, -0.05) is 56.7 Å². The third kappa shape index (κ3) is 5.63. The topological polar surface area (TPSA) is 17.1 Å². The molecule has 22 heavy (non-hydrogen) atoms. The average molecular weight is 298 g/mol. The number of allylic oxidation sites excluding steroid dienone is 10. The molecule has 1 aliphatic carbocycles. The molecular weight excluding hydrogens is 268 g/mol. The van der Waals surface area contributed by atoms with E-state index in [-0.39, 0.29) is 5.41 Å². The van der Waals surface area contributed by atoms with Crippen LogP contribution in [0.3, 0.4) is 0 Å². The number of carbonyl (C=O) groups excluding carboxylic acids is 1. The molecule has 120 valence electrons. The number of rotatable bonds is 6. The summed E-state index contributed by atoms with van der Waals surface area (Å²) in [5, 5.41) is 0. The zero-order valence-corrected chi connectivity index (χ0v) is 14.8. The lowest BCUT2D eigenvalue weighted by molar-refractivity contribution is -0.104. The van der Waals surface area contributed by atoms with Crippen molar-refractivity contribution < 1.29 is 4.79 Å². The molecule has 0 spiro atoms. The van der Waals surface area contributed by atoms with Crippen LogP contribution in [0.4, 0.5) is 0 Å². The minimum Gasteiger partial charge on any atom is -0.299 e. The lowest BCUT2D eigenvalue weighted by Gasteiger charge is -2.33. The minimum atomic E-state index is 0.289. The monoisotopic (exact) mass is 298 g/mol. The van der Waals surface area contributed by atoms with Crippen LogP contribution in [-0.2, 0) is 4.79 Å². The highest BCUT2D eigenvalue weighted by atomic mass is 16.1. The predicted octanol–water partition coefficient (Wildman–Crippen LogP) is 6.11. The van der Waals surface area contributed by atoms with E-state index < -0.39 is 0 Å². The molecule has 1 rings (SSSR count). The van der Waals surface area contributed by atoms with Crippen molar-refractivity contribution in [3.05, 3.63) is 58.7 Å². The maximum absolute atomic E-state index is 10.4. The molecular formula is C21H30O. The fourth-order valence-electron chi connectivity index (χ4n) is 2.98. The van der Waals surface area contributed by atoms with E-state index in [2.05, 4.69) is 45.9 Å². The molecule has 0 saturated carbocycles. The number of aldehydes is 1. The van der Waals surface area contributed by atoms with E-state index in [0.717, 1.165) is 18.3 Å².